The molecule has 0 saturated carbocycles. The summed E-state index contributed by atoms with van der Waals surface area (Å²) in [6.45, 7) is 7.37. The van der Waals surface area contributed by atoms with Crippen molar-refractivity contribution in [1.82, 2.24) is 0 Å². The van der Waals surface area contributed by atoms with Crippen molar-refractivity contribution in [1.29, 1.82) is 0 Å². The van der Waals surface area contributed by atoms with Crippen LogP contribution >= 0.6 is 0 Å². The molecule has 2 rings (SSSR count). The highest BCUT2D eigenvalue weighted by atomic mass is 16.6. The molecule has 0 aliphatic heterocycles. The second-order valence-corrected chi connectivity index (χ2v) is 6.86. The van der Waals surface area contributed by atoms with Crippen LogP contribution < -0.4 is 10.2 Å². The van der Waals surface area contributed by atoms with E-state index >= 15 is 0 Å². The second-order valence-electron chi connectivity index (χ2n) is 6.86. The Morgan fingerprint density at radius 2 is 1.76 bits per heavy atom. The molecule has 2 aromatic carbocycles. The number of methoxy groups -OCH3 is 1. The molecule has 0 fully saturated rings. The van der Waals surface area contributed by atoms with Crippen LogP contribution in [0.5, 0.6) is 5.75 Å². The summed E-state index contributed by atoms with van der Waals surface area (Å²) in [5.41, 5.74) is 2.79. The lowest BCUT2D eigenvalue weighted by molar-refractivity contribution is 0.00694. The molecular formula is C19H23BO5. The number of hydrogen-bond donors (Lipinski definition) is 2. The zero-order valence-corrected chi connectivity index (χ0v) is 15.2. The highest BCUT2D eigenvalue weighted by Gasteiger charge is 2.20. The molecule has 0 atom stereocenters. The molecule has 0 bridgehead atoms. The molecule has 25 heavy (non-hydrogen) atoms. The standard InChI is InChI=1S/C19H23BO5/c1-12-10-14(18(21)25-19(2,3)4)6-8-15(12)13-7-9-17(24-5)16(11-13)20(22)23/h6-11,22-23H,1-5H3. The van der Waals surface area contributed by atoms with Gasteiger partial charge in [-0.3, -0.25) is 0 Å². The summed E-state index contributed by atoms with van der Waals surface area (Å²) in [7, 11) is -0.155. The number of ether oxygens (including phenoxy) is 2. The second kappa shape index (κ2) is 7.29. The van der Waals surface area contributed by atoms with Crippen molar-refractivity contribution >= 4 is 18.6 Å². The number of aryl methyl sites for hydroxylation is 1. The van der Waals surface area contributed by atoms with E-state index in [2.05, 4.69) is 0 Å². The first-order valence-corrected chi connectivity index (χ1v) is 8.01. The van der Waals surface area contributed by atoms with E-state index in [-0.39, 0.29) is 11.4 Å². The number of carbonyl (C=O) groups is 1. The summed E-state index contributed by atoms with van der Waals surface area (Å²) >= 11 is 0. The number of carbonyl (C=O) groups excluding carboxylic acids is 1. The lowest BCUT2D eigenvalue weighted by atomic mass is 9.78. The Balaban J connectivity index is 2.39. The highest BCUT2D eigenvalue weighted by molar-refractivity contribution is 6.59. The van der Waals surface area contributed by atoms with Crippen LogP contribution in [0.4, 0.5) is 0 Å². The van der Waals surface area contributed by atoms with Crippen LogP contribution in [0.2, 0.25) is 0 Å². The van der Waals surface area contributed by atoms with E-state index < -0.39 is 12.7 Å². The topological polar surface area (TPSA) is 76.0 Å². The lowest BCUT2D eigenvalue weighted by Crippen LogP contribution is -2.31. The predicted octanol–water partition coefficient (Wildman–Crippen LogP) is 2.31. The SMILES string of the molecule is COc1ccc(-c2ccc(C(=O)OC(C)(C)C)cc2C)cc1B(O)O. The average Bonchev–Trinajstić information content (AvgIpc) is 2.52. The van der Waals surface area contributed by atoms with E-state index in [0.29, 0.717) is 11.3 Å². The van der Waals surface area contributed by atoms with Gasteiger partial charge in [-0.05, 0) is 62.6 Å². The summed E-state index contributed by atoms with van der Waals surface area (Å²) in [6.07, 6.45) is 0. The van der Waals surface area contributed by atoms with Gasteiger partial charge in [-0.25, -0.2) is 4.79 Å². The van der Waals surface area contributed by atoms with Crippen LogP contribution in [0.15, 0.2) is 36.4 Å². The van der Waals surface area contributed by atoms with Gasteiger partial charge in [0, 0.05) is 5.46 Å². The molecule has 0 spiro atoms. The van der Waals surface area contributed by atoms with E-state index in [4.69, 9.17) is 9.47 Å². The van der Waals surface area contributed by atoms with Crippen molar-refractivity contribution in [2.75, 3.05) is 7.11 Å². The minimum absolute atomic E-state index is 0.288. The Bertz CT molecular complexity index is 778. The fourth-order valence-corrected chi connectivity index (χ4v) is 2.56. The first-order valence-electron chi connectivity index (χ1n) is 8.01. The Morgan fingerprint density at radius 1 is 1.08 bits per heavy atom. The van der Waals surface area contributed by atoms with Gasteiger partial charge < -0.3 is 19.5 Å². The molecule has 0 heterocycles. The van der Waals surface area contributed by atoms with Crippen molar-refractivity contribution in [2.45, 2.75) is 33.3 Å². The quantitative estimate of drug-likeness (QED) is 0.659. The minimum Gasteiger partial charge on any atom is -0.497 e. The van der Waals surface area contributed by atoms with Gasteiger partial charge in [0.1, 0.15) is 11.4 Å². The molecular weight excluding hydrogens is 319 g/mol. The Labute approximate surface area is 148 Å². The molecule has 0 aromatic heterocycles. The van der Waals surface area contributed by atoms with Crippen LogP contribution in [-0.4, -0.2) is 35.8 Å². The Kier molecular flexibility index (Phi) is 5.55. The third-order valence-electron chi connectivity index (χ3n) is 3.68. The first kappa shape index (κ1) is 19.0. The van der Waals surface area contributed by atoms with E-state index in [1.165, 1.54) is 7.11 Å². The number of rotatable bonds is 4. The van der Waals surface area contributed by atoms with Gasteiger partial charge in [0.05, 0.1) is 12.7 Å². The molecule has 0 saturated heterocycles. The zero-order valence-electron chi connectivity index (χ0n) is 15.2. The number of esters is 1. The third kappa shape index (κ3) is 4.62. The molecule has 0 aliphatic rings. The minimum atomic E-state index is -1.63. The van der Waals surface area contributed by atoms with E-state index in [9.17, 15) is 14.8 Å². The highest BCUT2D eigenvalue weighted by Crippen LogP contribution is 2.26. The van der Waals surface area contributed by atoms with Crippen molar-refractivity contribution in [3.8, 4) is 16.9 Å². The summed E-state index contributed by atoms with van der Waals surface area (Å²) in [5, 5.41) is 19.0. The molecule has 0 aliphatic carbocycles. The number of hydrogen-bond acceptors (Lipinski definition) is 5. The predicted molar refractivity (Wildman–Crippen MR) is 98.2 cm³/mol. The maximum Gasteiger partial charge on any atom is 0.492 e. The smallest absolute Gasteiger partial charge is 0.492 e. The monoisotopic (exact) mass is 342 g/mol. The van der Waals surface area contributed by atoms with Crippen LogP contribution in [0.1, 0.15) is 36.7 Å². The summed E-state index contributed by atoms with van der Waals surface area (Å²) in [6, 6.07) is 10.5. The molecule has 132 valence electrons. The van der Waals surface area contributed by atoms with E-state index in [1.54, 1.807) is 24.3 Å². The van der Waals surface area contributed by atoms with Gasteiger partial charge in [-0.1, -0.05) is 18.2 Å². The summed E-state index contributed by atoms with van der Waals surface area (Å²) in [5.74, 6) is 0.0325. The fourth-order valence-electron chi connectivity index (χ4n) is 2.56. The van der Waals surface area contributed by atoms with E-state index in [1.807, 2.05) is 39.8 Å². The molecule has 6 heteroatoms. The molecule has 2 aromatic rings. The van der Waals surface area contributed by atoms with Gasteiger partial charge in [0.2, 0.25) is 0 Å². The normalized spacial score (nSPS) is 11.2. The van der Waals surface area contributed by atoms with E-state index in [0.717, 1.165) is 16.7 Å². The molecule has 2 N–H and O–H groups in total. The van der Waals surface area contributed by atoms with Crippen LogP contribution in [-0.2, 0) is 4.74 Å². The van der Waals surface area contributed by atoms with Crippen molar-refractivity contribution in [3.63, 3.8) is 0 Å². The molecule has 5 nitrogen and oxygen atoms in total. The Hall–Kier alpha value is -2.31. The van der Waals surface area contributed by atoms with Crippen LogP contribution in [0.25, 0.3) is 11.1 Å². The molecule has 0 unspecified atom stereocenters. The van der Waals surface area contributed by atoms with Gasteiger partial charge in [-0.2, -0.15) is 0 Å². The summed E-state index contributed by atoms with van der Waals surface area (Å²) in [4.78, 5) is 12.2. The fraction of sp³-hybridized carbons (Fsp3) is 0.316. The van der Waals surface area contributed by atoms with Crippen molar-refractivity contribution < 1.29 is 24.3 Å². The lowest BCUT2D eigenvalue weighted by Gasteiger charge is -2.20. The largest absolute Gasteiger partial charge is 0.497 e. The van der Waals surface area contributed by atoms with Crippen LogP contribution in [0.3, 0.4) is 0 Å². The molecule has 0 amide bonds. The van der Waals surface area contributed by atoms with Crippen molar-refractivity contribution in [3.05, 3.63) is 47.5 Å². The van der Waals surface area contributed by atoms with Gasteiger partial charge >= 0.3 is 13.1 Å². The zero-order chi connectivity index (χ0) is 18.8. The van der Waals surface area contributed by atoms with Gasteiger partial charge in [0.15, 0.2) is 0 Å². The van der Waals surface area contributed by atoms with Crippen molar-refractivity contribution in [2.24, 2.45) is 0 Å². The average molecular weight is 342 g/mol. The number of benzene rings is 2. The maximum atomic E-state index is 12.2. The Morgan fingerprint density at radius 3 is 2.28 bits per heavy atom. The van der Waals surface area contributed by atoms with Gasteiger partial charge in [-0.15, -0.1) is 0 Å². The third-order valence-corrected chi connectivity index (χ3v) is 3.68. The van der Waals surface area contributed by atoms with Gasteiger partial charge in [0.25, 0.3) is 0 Å². The maximum absolute atomic E-state index is 12.2. The first-order chi connectivity index (χ1) is 11.6. The summed E-state index contributed by atoms with van der Waals surface area (Å²) < 4.78 is 10.5. The van der Waals surface area contributed by atoms with Crippen LogP contribution in [0, 0.1) is 6.92 Å². The molecule has 0 radical (unpaired) electrons.